The molecule has 1 N–H and O–H groups in total. The van der Waals surface area contributed by atoms with Gasteiger partial charge in [-0.15, -0.1) is 0 Å². The molecule has 3 aromatic rings. The molecule has 3 aromatic carbocycles. The number of benzene rings is 3. The van der Waals surface area contributed by atoms with Crippen LogP contribution in [0.5, 0.6) is 5.75 Å². The Balaban J connectivity index is 1.51. The number of nitrogens with zero attached hydrogens (tertiary/aromatic N) is 2. The zero-order valence-electron chi connectivity index (χ0n) is 24.6. The van der Waals surface area contributed by atoms with Crippen LogP contribution in [0.15, 0.2) is 84.4 Å². The molecule has 8 heteroatoms. The van der Waals surface area contributed by atoms with Gasteiger partial charge < -0.3 is 5.11 Å². The smallest absolute Gasteiger partial charge is 0.246 e. The number of phenols is 1. The van der Waals surface area contributed by atoms with E-state index in [1.54, 1.807) is 37.3 Å². The number of amides is 4. The first-order chi connectivity index (χ1) is 21.2. The number of carbonyl (C=O) groups excluding carboxylic acids is 4. The van der Waals surface area contributed by atoms with E-state index in [2.05, 4.69) is 0 Å². The summed E-state index contributed by atoms with van der Waals surface area (Å²) in [5, 5.41) is 12.0. The predicted molar refractivity (Wildman–Crippen MR) is 166 cm³/mol. The van der Waals surface area contributed by atoms with Crippen LogP contribution in [0.4, 0.5) is 5.69 Å². The highest BCUT2D eigenvalue weighted by atomic mass is 35.5. The summed E-state index contributed by atoms with van der Waals surface area (Å²) < 4.78 is 0. The molecule has 4 aliphatic rings. The Morgan fingerprint density at radius 2 is 1.66 bits per heavy atom. The van der Waals surface area contributed by atoms with E-state index in [9.17, 15) is 19.5 Å². The van der Waals surface area contributed by atoms with Crippen LogP contribution < -0.4 is 4.90 Å². The number of aromatic hydroxyl groups is 1. The summed E-state index contributed by atoms with van der Waals surface area (Å²) >= 11 is 6.35. The topological polar surface area (TPSA) is 95.0 Å². The van der Waals surface area contributed by atoms with Crippen molar-refractivity contribution in [1.29, 1.82) is 0 Å². The van der Waals surface area contributed by atoms with Crippen molar-refractivity contribution in [2.75, 3.05) is 11.4 Å². The molecule has 2 aliphatic carbocycles. The molecule has 2 heterocycles. The van der Waals surface area contributed by atoms with Crippen LogP contribution in [0.3, 0.4) is 0 Å². The van der Waals surface area contributed by atoms with Crippen molar-refractivity contribution in [3.63, 3.8) is 0 Å². The van der Waals surface area contributed by atoms with Gasteiger partial charge in [0.2, 0.25) is 23.6 Å². The zero-order chi connectivity index (χ0) is 30.9. The van der Waals surface area contributed by atoms with Crippen molar-refractivity contribution in [1.82, 2.24) is 4.90 Å². The minimum absolute atomic E-state index is 0.0538. The normalized spacial score (nSPS) is 29.4. The first-order valence-corrected chi connectivity index (χ1v) is 15.6. The fourth-order valence-corrected chi connectivity index (χ4v) is 8.70. The van der Waals surface area contributed by atoms with E-state index in [0.29, 0.717) is 46.8 Å². The standard InChI is InChI=1S/C36H33ClN2O5/c1-3-17-38-32(41)25-16-15-24-27(29(25)34(38)43)19-28-33(42)39(23-13-8-12-22(37)18-23)35(44)36(28,21-10-5-4-6-11-21)30(24)26-14-7-9-20(2)31(26)40/h4-15,18,25,27-30,40H,3,16-17,19H2,1-2H3. The quantitative estimate of drug-likeness (QED) is 0.286. The molecule has 6 unspecified atom stereocenters. The van der Waals surface area contributed by atoms with Crippen molar-refractivity contribution in [2.45, 2.75) is 44.4 Å². The molecule has 2 aliphatic heterocycles. The molecule has 1 saturated carbocycles. The number of allylic oxidation sites excluding steroid dienone is 2. The molecular weight excluding hydrogens is 576 g/mol. The number of anilines is 1. The number of likely N-dealkylation sites (tertiary alicyclic amines) is 1. The van der Waals surface area contributed by atoms with Gasteiger partial charge in [0.05, 0.1) is 28.9 Å². The average molecular weight is 609 g/mol. The molecule has 6 atom stereocenters. The molecule has 3 fully saturated rings. The summed E-state index contributed by atoms with van der Waals surface area (Å²) in [5.74, 6) is -4.27. The summed E-state index contributed by atoms with van der Waals surface area (Å²) in [6.07, 6.45) is 3.26. The highest BCUT2D eigenvalue weighted by molar-refractivity contribution is 6.32. The lowest BCUT2D eigenvalue weighted by molar-refractivity contribution is -0.140. The minimum atomic E-state index is -1.41. The number of carbonyl (C=O) groups is 4. The summed E-state index contributed by atoms with van der Waals surface area (Å²) in [4.78, 5) is 59.8. The minimum Gasteiger partial charge on any atom is -0.507 e. The lowest BCUT2D eigenvalue weighted by Gasteiger charge is -2.50. The van der Waals surface area contributed by atoms with Crippen LogP contribution in [-0.2, 0) is 24.6 Å². The van der Waals surface area contributed by atoms with Gasteiger partial charge in [0, 0.05) is 23.0 Å². The van der Waals surface area contributed by atoms with Crippen LogP contribution >= 0.6 is 11.6 Å². The lowest BCUT2D eigenvalue weighted by Crippen LogP contribution is -2.53. The maximum Gasteiger partial charge on any atom is 0.246 e. The Morgan fingerprint density at radius 3 is 2.39 bits per heavy atom. The maximum atomic E-state index is 15.1. The third-order valence-corrected chi connectivity index (χ3v) is 10.5. The second-order valence-electron chi connectivity index (χ2n) is 12.4. The number of phenolic OH excluding ortho intramolecular Hbond substituents is 1. The Morgan fingerprint density at radius 1 is 0.909 bits per heavy atom. The monoisotopic (exact) mass is 608 g/mol. The van der Waals surface area contributed by atoms with E-state index in [4.69, 9.17) is 11.6 Å². The van der Waals surface area contributed by atoms with Gasteiger partial charge in [0.15, 0.2) is 0 Å². The van der Waals surface area contributed by atoms with Gasteiger partial charge in [0.25, 0.3) is 0 Å². The van der Waals surface area contributed by atoms with Gasteiger partial charge >= 0.3 is 0 Å². The largest absolute Gasteiger partial charge is 0.507 e. The highest BCUT2D eigenvalue weighted by Crippen LogP contribution is 2.65. The fraction of sp³-hybridized carbons (Fsp3) is 0.333. The third-order valence-electron chi connectivity index (χ3n) is 10.3. The molecule has 4 amide bonds. The van der Waals surface area contributed by atoms with Crippen molar-refractivity contribution in [3.8, 4) is 5.75 Å². The molecule has 7 nitrogen and oxygen atoms in total. The molecule has 224 valence electrons. The Bertz CT molecular complexity index is 1750. The van der Waals surface area contributed by atoms with Gasteiger partial charge in [-0.1, -0.05) is 84.8 Å². The summed E-state index contributed by atoms with van der Waals surface area (Å²) in [6, 6.07) is 21.5. The number of hydrogen-bond donors (Lipinski definition) is 1. The second kappa shape index (κ2) is 10.4. The molecule has 0 radical (unpaired) electrons. The SMILES string of the molecule is CCCN1C(=O)C2CC=C3C(CC4C(=O)N(c5cccc(Cl)c5)C(=O)C4(c4ccccc4)C3c3cccc(C)c3O)C2C1=O. The molecule has 7 rings (SSSR count). The summed E-state index contributed by atoms with van der Waals surface area (Å²) in [6.45, 7) is 4.09. The number of imide groups is 2. The Hall–Kier alpha value is -4.23. The van der Waals surface area contributed by atoms with E-state index in [-0.39, 0.29) is 29.9 Å². The first kappa shape index (κ1) is 28.5. The molecule has 0 bridgehead atoms. The Labute approximate surface area is 261 Å². The van der Waals surface area contributed by atoms with Gasteiger partial charge in [-0.2, -0.15) is 0 Å². The Kier molecular flexibility index (Phi) is 6.77. The predicted octanol–water partition coefficient (Wildman–Crippen LogP) is 5.93. The number of halogens is 1. The third kappa shape index (κ3) is 3.81. The maximum absolute atomic E-state index is 15.1. The van der Waals surface area contributed by atoms with Crippen molar-refractivity contribution >= 4 is 40.9 Å². The summed E-state index contributed by atoms with van der Waals surface area (Å²) in [7, 11) is 0. The van der Waals surface area contributed by atoms with Gasteiger partial charge in [-0.3, -0.25) is 24.1 Å². The number of rotatable bonds is 5. The second-order valence-corrected chi connectivity index (χ2v) is 12.9. The van der Waals surface area contributed by atoms with Gasteiger partial charge in [0.1, 0.15) is 5.75 Å². The number of para-hydroxylation sites is 1. The van der Waals surface area contributed by atoms with E-state index >= 15 is 4.79 Å². The molecule has 0 spiro atoms. The molecule has 44 heavy (non-hydrogen) atoms. The molecular formula is C36H33ClN2O5. The van der Waals surface area contributed by atoms with Crippen molar-refractivity contribution in [2.24, 2.45) is 23.7 Å². The van der Waals surface area contributed by atoms with Crippen molar-refractivity contribution in [3.05, 3.63) is 106 Å². The van der Waals surface area contributed by atoms with Crippen LogP contribution in [-0.4, -0.2) is 40.2 Å². The highest BCUT2D eigenvalue weighted by Gasteiger charge is 2.70. The van der Waals surface area contributed by atoms with E-state index in [1.165, 1.54) is 9.80 Å². The number of fused-ring (bicyclic) bond motifs is 4. The van der Waals surface area contributed by atoms with Crippen LogP contribution in [0.2, 0.25) is 5.02 Å². The molecule has 2 saturated heterocycles. The van der Waals surface area contributed by atoms with E-state index in [1.807, 2.05) is 55.5 Å². The number of hydrogen-bond acceptors (Lipinski definition) is 5. The summed E-state index contributed by atoms with van der Waals surface area (Å²) in [5.41, 5.74) is 1.64. The lowest BCUT2D eigenvalue weighted by atomic mass is 9.49. The van der Waals surface area contributed by atoms with Crippen LogP contribution in [0.25, 0.3) is 0 Å². The number of aryl methyl sites for hydroxylation is 1. The average Bonchev–Trinajstić information content (AvgIpc) is 3.40. The molecule has 0 aromatic heterocycles. The van der Waals surface area contributed by atoms with Gasteiger partial charge in [-0.25, -0.2) is 4.90 Å². The first-order valence-electron chi connectivity index (χ1n) is 15.2. The van der Waals surface area contributed by atoms with Crippen LogP contribution in [0, 0.1) is 30.6 Å². The van der Waals surface area contributed by atoms with Crippen LogP contribution in [0.1, 0.15) is 48.8 Å². The van der Waals surface area contributed by atoms with E-state index in [0.717, 1.165) is 5.57 Å². The van der Waals surface area contributed by atoms with Crippen molar-refractivity contribution < 1.29 is 24.3 Å². The van der Waals surface area contributed by atoms with Gasteiger partial charge in [-0.05, 0) is 61.4 Å². The fourth-order valence-electron chi connectivity index (χ4n) is 8.51. The van der Waals surface area contributed by atoms with E-state index < -0.39 is 40.9 Å². The zero-order valence-corrected chi connectivity index (χ0v) is 25.3.